The van der Waals surface area contributed by atoms with Crippen molar-refractivity contribution in [3.05, 3.63) is 55.8 Å². The van der Waals surface area contributed by atoms with Crippen molar-refractivity contribution >= 4 is 39.6 Å². The topological polar surface area (TPSA) is 68.3 Å². The van der Waals surface area contributed by atoms with Gasteiger partial charge >= 0.3 is 5.97 Å². The first-order valence-electron chi connectivity index (χ1n) is 8.93. The number of ether oxygens (including phenoxy) is 1. The van der Waals surface area contributed by atoms with Crippen molar-refractivity contribution in [2.75, 3.05) is 11.9 Å². The fraction of sp³-hybridized carbons (Fsp3) is 0.286. The molecule has 1 N–H and O–H groups in total. The van der Waals surface area contributed by atoms with Crippen molar-refractivity contribution in [2.24, 2.45) is 0 Å². The second-order valence-electron chi connectivity index (χ2n) is 6.47. The van der Waals surface area contributed by atoms with E-state index in [1.165, 1.54) is 28.2 Å². The average Bonchev–Trinajstić information content (AvgIpc) is 3.20. The number of hydrogen-bond donors (Lipinski definition) is 1. The number of rotatable bonds is 5. The molecule has 0 bridgehead atoms. The number of carbonyl (C=O) groups is 2. The van der Waals surface area contributed by atoms with Crippen LogP contribution in [-0.4, -0.2) is 23.5 Å². The van der Waals surface area contributed by atoms with E-state index >= 15 is 0 Å². The molecule has 0 aliphatic rings. The standard InChI is InChI=1S/C21H22N2O3S2/c1-6-26-21(25)17-16(15-8-7-11(2)12(3)9-15)10-27-20(17)23-19(24)18-13(4)22-14(5)28-18/h7-10H,6H2,1-5H3,(H,23,24). The normalized spacial score (nSPS) is 10.8. The van der Waals surface area contributed by atoms with Gasteiger partial charge in [-0.3, -0.25) is 4.79 Å². The molecule has 146 valence electrons. The number of aromatic nitrogens is 1. The van der Waals surface area contributed by atoms with E-state index < -0.39 is 5.97 Å². The molecule has 0 atom stereocenters. The van der Waals surface area contributed by atoms with E-state index in [9.17, 15) is 9.59 Å². The number of amides is 1. The summed E-state index contributed by atoms with van der Waals surface area (Å²) in [7, 11) is 0. The molecule has 3 rings (SSSR count). The minimum atomic E-state index is -0.440. The van der Waals surface area contributed by atoms with Crippen molar-refractivity contribution in [1.82, 2.24) is 4.98 Å². The maximum atomic E-state index is 12.7. The first kappa shape index (κ1) is 20.2. The number of anilines is 1. The lowest BCUT2D eigenvalue weighted by Crippen LogP contribution is -2.14. The SMILES string of the molecule is CCOC(=O)c1c(-c2ccc(C)c(C)c2)csc1NC(=O)c1sc(C)nc1C. The molecule has 0 spiro atoms. The van der Waals surface area contributed by atoms with Crippen LogP contribution in [-0.2, 0) is 4.74 Å². The molecule has 0 radical (unpaired) electrons. The molecule has 0 saturated carbocycles. The van der Waals surface area contributed by atoms with E-state index in [0.717, 1.165) is 21.7 Å². The Bertz CT molecular complexity index is 1050. The van der Waals surface area contributed by atoms with Crippen LogP contribution in [0, 0.1) is 27.7 Å². The van der Waals surface area contributed by atoms with E-state index in [-0.39, 0.29) is 12.5 Å². The van der Waals surface area contributed by atoms with E-state index in [1.807, 2.05) is 44.4 Å². The number of hydrogen-bond acceptors (Lipinski definition) is 6. The third-order valence-corrected chi connectivity index (χ3v) is 6.39. The molecule has 1 amide bonds. The Kier molecular flexibility index (Phi) is 5.96. The molecule has 3 aromatic rings. The van der Waals surface area contributed by atoms with Crippen LogP contribution in [0.5, 0.6) is 0 Å². The third kappa shape index (κ3) is 4.00. The minimum Gasteiger partial charge on any atom is -0.462 e. The minimum absolute atomic E-state index is 0.262. The number of benzene rings is 1. The number of thiophene rings is 1. The van der Waals surface area contributed by atoms with Crippen molar-refractivity contribution in [3.8, 4) is 11.1 Å². The molecule has 0 fully saturated rings. The summed E-state index contributed by atoms with van der Waals surface area (Å²) in [5, 5.41) is 6.09. The number of thiazole rings is 1. The largest absolute Gasteiger partial charge is 0.462 e. The first-order chi connectivity index (χ1) is 13.3. The molecule has 5 nitrogen and oxygen atoms in total. The Hall–Kier alpha value is -2.51. The van der Waals surface area contributed by atoms with Gasteiger partial charge in [-0.25, -0.2) is 9.78 Å². The molecule has 28 heavy (non-hydrogen) atoms. The Morgan fingerprint density at radius 2 is 1.89 bits per heavy atom. The molecule has 0 saturated heterocycles. The van der Waals surface area contributed by atoms with Gasteiger partial charge < -0.3 is 10.1 Å². The van der Waals surface area contributed by atoms with Gasteiger partial charge in [-0.1, -0.05) is 18.2 Å². The van der Waals surface area contributed by atoms with E-state index in [2.05, 4.69) is 10.3 Å². The molecular formula is C21H22N2O3S2. The lowest BCUT2D eigenvalue weighted by molar-refractivity contribution is 0.0529. The van der Waals surface area contributed by atoms with Gasteiger partial charge in [0.2, 0.25) is 0 Å². The quantitative estimate of drug-likeness (QED) is 0.557. The Morgan fingerprint density at radius 1 is 1.14 bits per heavy atom. The third-order valence-electron chi connectivity index (χ3n) is 4.43. The molecule has 0 unspecified atom stereocenters. The van der Waals surface area contributed by atoms with Gasteiger partial charge in [-0.2, -0.15) is 0 Å². The highest BCUT2D eigenvalue weighted by molar-refractivity contribution is 7.16. The van der Waals surface area contributed by atoms with Crippen molar-refractivity contribution in [2.45, 2.75) is 34.6 Å². The Balaban J connectivity index is 2.02. The first-order valence-corrected chi connectivity index (χ1v) is 10.6. The van der Waals surface area contributed by atoms with Gasteiger partial charge in [0.1, 0.15) is 15.4 Å². The summed E-state index contributed by atoms with van der Waals surface area (Å²) in [6.45, 7) is 9.78. The molecule has 2 aromatic heterocycles. The summed E-state index contributed by atoms with van der Waals surface area (Å²) in [5.41, 5.74) is 5.08. The smallest absolute Gasteiger partial charge is 0.341 e. The molecule has 1 aromatic carbocycles. The van der Waals surface area contributed by atoms with Crippen LogP contribution in [0.25, 0.3) is 11.1 Å². The zero-order valence-corrected chi connectivity index (χ0v) is 18.1. The predicted octanol–water partition coefficient (Wildman–Crippen LogP) is 5.53. The maximum absolute atomic E-state index is 12.7. The van der Waals surface area contributed by atoms with Crippen LogP contribution in [0.2, 0.25) is 0 Å². The summed E-state index contributed by atoms with van der Waals surface area (Å²) >= 11 is 2.66. The fourth-order valence-electron chi connectivity index (χ4n) is 2.88. The molecule has 0 aliphatic carbocycles. The van der Waals surface area contributed by atoms with E-state index in [1.54, 1.807) is 13.8 Å². The van der Waals surface area contributed by atoms with E-state index in [0.29, 0.717) is 21.1 Å². The fourth-order valence-corrected chi connectivity index (χ4v) is 4.65. The van der Waals surface area contributed by atoms with Crippen LogP contribution < -0.4 is 5.32 Å². The van der Waals surface area contributed by atoms with Crippen molar-refractivity contribution in [3.63, 3.8) is 0 Å². The average molecular weight is 415 g/mol. The van der Waals surface area contributed by atoms with Crippen molar-refractivity contribution in [1.29, 1.82) is 0 Å². The van der Waals surface area contributed by atoms with Gasteiger partial charge in [0.15, 0.2) is 0 Å². The van der Waals surface area contributed by atoms with Gasteiger partial charge in [-0.05, 0) is 51.3 Å². The maximum Gasteiger partial charge on any atom is 0.341 e. The highest BCUT2D eigenvalue weighted by Crippen LogP contribution is 2.37. The van der Waals surface area contributed by atoms with E-state index in [4.69, 9.17) is 4.74 Å². The summed E-state index contributed by atoms with van der Waals surface area (Å²) in [6.07, 6.45) is 0. The molecule has 2 heterocycles. The van der Waals surface area contributed by atoms with Crippen LogP contribution in [0.4, 0.5) is 5.00 Å². The summed E-state index contributed by atoms with van der Waals surface area (Å²) < 4.78 is 5.26. The van der Waals surface area contributed by atoms with Crippen LogP contribution >= 0.6 is 22.7 Å². The Morgan fingerprint density at radius 3 is 2.50 bits per heavy atom. The number of aryl methyl sites for hydroxylation is 4. The highest BCUT2D eigenvalue weighted by Gasteiger charge is 2.24. The van der Waals surface area contributed by atoms with Crippen molar-refractivity contribution < 1.29 is 14.3 Å². The number of nitrogens with one attached hydrogen (secondary N) is 1. The lowest BCUT2D eigenvalue weighted by Gasteiger charge is -2.09. The Labute approximate surface area is 172 Å². The van der Waals surface area contributed by atoms with Gasteiger partial charge in [0.25, 0.3) is 5.91 Å². The molecule has 0 aliphatic heterocycles. The summed E-state index contributed by atoms with van der Waals surface area (Å²) in [4.78, 5) is 30.3. The zero-order valence-electron chi connectivity index (χ0n) is 16.5. The molecular weight excluding hydrogens is 392 g/mol. The van der Waals surface area contributed by atoms with Gasteiger partial charge in [0.05, 0.1) is 17.3 Å². The summed E-state index contributed by atoms with van der Waals surface area (Å²) in [6, 6.07) is 6.05. The number of carbonyl (C=O) groups excluding carboxylic acids is 2. The zero-order chi connectivity index (χ0) is 20.4. The van der Waals surface area contributed by atoms with Crippen LogP contribution in [0.3, 0.4) is 0 Å². The van der Waals surface area contributed by atoms with Crippen LogP contribution in [0.1, 0.15) is 48.8 Å². The summed E-state index contributed by atoms with van der Waals surface area (Å²) in [5.74, 6) is -0.702. The van der Waals surface area contributed by atoms with Gasteiger partial charge in [0, 0.05) is 10.9 Å². The monoisotopic (exact) mass is 414 g/mol. The highest BCUT2D eigenvalue weighted by atomic mass is 32.1. The lowest BCUT2D eigenvalue weighted by atomic mass is 9.99. The van der Waals surface area contributed by atoms with Gasteiger partial charge in [-0.15, -0.1) is 22.7 Å². The predicted molar refractivity (Wildman–Crippen MR) is 115 cm³/mol. The molecule has 7 heteroatoms. The number of nitrogens with zero attached hydrogens (tertiary/aromatic N) is 1. The van der Waals surface area contributed by atoms with Crippen LogP contribution in [0.15, 0.2) is 23.6 Å². The number of esters is 1. The second-order valence-corrected chi connectivity index (χ2v) is 8.56. The second kappa shape index (κ2) is 8.24.